The van der Waals surface area contributed by atoms with Gasteiger partial charge in [-0.1, -0.05) is 18.2 Å². The van der Waals surface area contributed by atoms with Crippen molar-refractivity contribution in [3.63, 3.8) is 0 Å². The first-order valence-corrected chi connectivity index (χ1v) is 6.99. The molecule has 6 heteroatoms. The van der Waals surface area contributed by atoms with E-state index in [-0.39, 0.29) is 12.5 Å². The average molecular weight is 297 g/mol. The largest absolute Gasteiger partial charge is 0.420 e. The summed E-state index contributed by atoms with van der Waals surface area (Å²) in [5, 5.41) is 2.78. The second kappa shape index (κ2) is 6.26. The minimum absolute atomic E-state index is 0.0575. The van der Waals surface area contributed by atoms with Gasteiger partial charge in [0, 0.05) is 24.9 Å². The van der Waals surface area contributed by atoms with Crippen molar-refractivity contribution in [2.24, 2.45) is 0 Å². The summed E-state index contributed by atoms with van der Waals surface area (Å²) >= 11 is 0. The summed E-state index contributed by atoms with van der Waals surface area (Å²) in [6.45, 7) is 0.415. The van der Waals surface area contributed by atoms with Crippen LogP contribution in [0.4, 0.5) is 0 Å². The fourth-order valence-electron chi connectivity index (χ4n) is 2.24. The van der Waals surface area contributed by atoms with Gasteiger partial charge in [-0.15, -0.1) is 0 Å². The summed E-state index contributed by atoms with van der Waals surface area (Å²) in [6, 6.07) is 12.7. The highest BCUT2D eigenvalue weighted by Gasteiger charge is 2.11. The lowest BCUT2D eigenvalue weighted by Crippen LogP contribution is -2.32. The number of pyridine rings is 1. The number of nitrogens with zero attached hydrogens (tertiary/aromatic N) is 2. The van der Waals surface area contributed by atoms with Crippen LogP contribution in [0.25, 0.3) is 11.1 Å². The van der Waals surface area contributed by atoms with Gasteiger partial charge in [0.25, 0.3) is 0 Å². The fraction of sp³-hybridized carbons (Fsp3) is 0.188. The van der Waals surface area contributed by atoms with Gasteiger partial charge in [0.1, 0.15) is 6.54 Å². The third kappa shape index (κ3) is 3.06. The zero-order valence-electron chi connectivity index (χ0n) is 11.9. The molecule has 1 N–H and O–H groups in total. The number of carbonyl (C=O) groups is 1. The van der Waals surface area contributed by atoms with E-state index in [1.54, 1.807) is 30.5 Å². The maximum atomic E-state index is 12.0. The van der Waals surface area contributed by atoms with E-state index in [1.807, 2.05) is 18.2 Å². The van der Waals surface area contributed by atoms with Gasteiger partial charge in [-0.25, -0.2) is 4.79 Å². The molecule has 2 aromatic heterocycles. The number of para-hydroxylation sites is 2. The lowest BCUT2D eigenvalue weighted by molar-refractivity contribution is -0.121. The average Bonchev–Trinajstić information content (AvgIpc) is 2.84. The van der Waals surface area contributed by atoms with Crippen LogP contribution in [0.1, 0.15) is 5.69 Å². The van der Waals surface area contributed by atoms with Crippen LogP contribution < -0.4 is 11.1 Å². The Morgan fingerprint density at radius 2 is 2.00 bits per heavy atom. The summed E-state index contributed by atoms with van der Waals surface area (Å²) in [5.74, 6) is -0.759. The van der Waals surface area contributed by atoms with E-state index < -0.39 is 5.76 Å². The van der Waals surface area contributed by atoms with E-state index in [0.717, 1.165) is 5.69 Å². The SMILES string of the molecule is O=C(Cn1c(=O)oc2ccccc21)NCCc1ccccn1. The normalized spacial score (nSPS) is 10.7. The molecule has 0 saturated carbocycles. The summed E-state index contributed by atoms with van der Waals surface area (Å²) in [6.07, 6.45) is 2.36. The van der Waals surface area contributed by atoms with Crippen molar-refractivity contribution in [3.05, 3.63) is 64.9 Å². The summed E-state index contributed by atoms with van der Waals surface area (Å²) in [7, 11) is 0. The summed E-state index contributed by atoms with van der Waals surface area (Å²) < 4.78 is 6.42. The van der Waals surface area contributed by atoms with Gasteiger partial charge in [-0.2, -0.15) is 0 Å². The Hall–Kier alpha value is -2.89. The predicted molar refractivity (Wildman–Crippen MR) is 81.4 cm³/mol. The molecule has 0 aliphatic heterocycles. The third-order valence-electron chi connectivity index (χ3n) is 3.30. The molecule has 1 aromatic carbocycles. The number of rotatable bonds is 5. The number of nitrogens with one attached hydrogen (secondary N) is 1. The molecular formula is C16H15N3O3. The lowest BCUT2D eigenvalue weighted by atomic mass is 10.3. The van der Waals surface area contributed by atoms with Crippen molar-refractivity contribution in [2.75, 3.05) is 6.54 Å². The molecule has 0 unspecified atom stereocenters. The molecule has 0 aliphatic rings. The third-order valence-corrected chi connectivity index (χ3v) is 3.30. The summed E-state index contributed by atoms with van der Waals surface area (Å²) in [4.78, 5) is 27.9. The maximum absolute atomic E-state index is 12.0. The molecule has 0 aliphatic carbocycles. The van der Waals surface area contributed by atoms with Gasteiger partial charge in [-0.3, -0.25) is 14.3 Å². The van der Waals surface area contributed by atoms with Gasteiger partial charge in [0.15, 0.2) is 5.58 Å². The highest BCUT2D eigenvalue weighted by atomic mass is 16.4. The smallest absolute Gasteiger partial charge is 0.408 e. The first kappa shape index (κ1) is 14.1. The highest BCUT2D eigenvalue weighted by Crippen LogP contribution is 2.11. The first-order valence-electron chi connectivity index (χ1n) is 6.99. The molecule has 112 valence electrons. The first-order chi connectivity index (χ1) is 10.7. The number of hydrogen-bond donors (Lipinski definition) is 1. The number of aromatic nitrogens is 2. The molecule has 22 heavy (non-hydrogen) atoms. The van der Waals surface area contributed by atoms with Crippen LogP contribution in [0.5, 0.6) is 0 Å². The van der Waals surface area contributed by atoms with E-state index in [1.165, 1.54) is 4.57 Å². The van der Waals surface area contributed by atoms with Crippen LogP contribution >= 0.6 is 0 Å². The van der Waals surface area contributed by atoms with Crippen LogP contribution in [0, 0.1) is 0 Å². The molecule has 0 spiro atoms. The minimum atomic E-state index is -0.527. The van der Waals surface area contributed by atoms with Gasteiger partial charge < -0.3 is 9.73 Å². The molecular weight excluding hydrogens is 282 g/mol. The Bertz CT molecular complexity index is 836. The van der Waals surface area contributed by atoms with Crippen LogP contribution in [0.3, 0.4) is 0 Å². The molecule has 0 saturated heterocycles. The molecule has 6 nitrogen and oxygen atoms in total. The number of carbonyl (C=O) groups excluding carboxylic acids is 1. The number of amides is 1. The van der Waals surface area contributed by atoms with Gasteiger partial charge >= 0.3 is 5.76 Å². The number of benzene rings is 1. The molecule has 0 atom stereocenters. The standard InChI is InChI=1S/C16H15N3O3/c20-15(18-10-8-12-5-3-4-9-17-12)11-19-13-6-1-2-7-14(13)22-16(19)21/h1-7,9H,8,10-11H2,(H,18,20). The summed E-state index contributed by atoms with van der Waals surface area (Å²) in [5.41, 5.74) is 2.01. The topological polar surface area (TPSA) is 77.1 Å². The van der Waals surface area contributed by atoms with E-state index in [4.69, 9.17) is 4.42 Å². The van der Waals surface area contributed by atoms with Crippen molar-refractivity contribution in [1.29, 1.82) is 0 Å². The number of fused-ring (bicyclic) bond motifs is 1. The second-order valence-electron chi connectivity index (χ2n) is 4.84. The quantitative estimate of drug-likeness (QED) is 0.771. The second-order valence-corrected chi connectivity index (χ2v) is 4.84. The molecule has 3 rings (SSSR count). The van der Waals surface area contributed by atoms with Crippen molar-refractivity contribution < 1.29 is 9.21 Å². The number of hydrogen-bond acceptors (Lipinski definition) is 4. The Morgan fingerprint density at radius 3 is 2.82 bits per heavy atom. The van der Waals surface area contributed by atoms with Gasteiger partial charge in [-0.05, 0) is 24.3 Å². The van der Waals surface area contributed by atoms with E-state index in [2.05, 4.69) is 10.3 Å². The Balaban J connectivity index is 1.61. The minimum Gasteiger partial charge on any atom is -0.408 e. The van der Waals surface area contributed by atoms with Crippen molar-refractivity contribution >= 4 is 17.0 Å². The van der Waals surface area contributed by atoms with Crippen LogP contribution in [-0.2, 0) is 17.8 Å². The fourth-order valence-corrected chi connectivity index (χ4v) is 2.24. The Kier molecular flexibility index (Phi) is 4.00. The predicted octanol–water partition coefficient (Wildman–Crippen LogP) is 1.35. The number of oxazole rings is 1. The molecule has 1 amide bonds. The van der Waals surface area contributed by atoms with E-state index in [0.29, 0.717) is 24.1 Å². The van der Waals surface area contributed by atoms with E-state index >= 15 is 0 Å². The van der Waals surface area contributed by atoms with Crippen molar-refractivity contribution in [2.45, 2.75) is 13.0 Å². The molecule has 0 fully saturated rings. The molecule has 2 heterocycles. The lowest BCUT2D eigenvalue weighted by Gasteiger charge is -2.05. The molecule has 0 bridgehead atoms. The van der Waals surface area contributed by atoms with Crippen LogP contribution in [0.15, 0.2) is 57.9 Å². The van der Waals surface area contributed by atoms with Gasteiger partial charge in [0.05, 0.1) is 5.52 Å². The molecule has 3 aromatic rings. The monoisotopic (exact) mass is 297 g/mol. The zero-order chi connectivity index (χ0) is 15.4. The maximum Gasteiger partial charge on any atom is 0.420 e. The highest BCUT2D eigenvalue weighted by molar-refractivity contribution is 5.79. The Morgan fingerprint density at radius 1 is 1.18 bits per heavy atom. The van der Waals surface area contributed by atoms with Gasteiger partial charge in [0.2, 0.25) is 5.91 Å². The van der Waals surface area contributed by atoms with Crippen LogP contribution in [0.2, 0.25) is 0 Å². The Labute approximate surface area is 126 Å². The van der Waals surface area contributed by atoms with Crippen LogP contribution in [-0.4, -0.2) is 22.0 Å². The van der Waals surface area contributed by atoms with Crippen molar-refractivity contribution in [3.8, 4) is 0 Å². The zero-order valence-corrected chi connectivity index (χ0v) is 11.9. The van der Waals surface area contributed by atoms with Crippen molar-refractivity contribution in [1.82, 2.24) is 14.9 Å². The van der Waals surface area contributed by atoms with E-state index in [9.17, 15) is 9.59 Å². The molecule has 0 radical (unpaired) electrons.